The molecule has 8 heteroatoms. The second-order valence-corrected chi connectivity index (χ2v) is 4.69. The zero-order valence-electron chi connectivity index (χ0n) is 11.5. The van der Waals surface area contributed by atoms with E-state index in [2.05, 4.69) is 9.97 Å². The average Bonchev–Trinajstić information content (AvgIpc) is 2.44. The number of aryl methyl sites for hydroxylation is 1. The van der Waals surface area contributed by atoms with E-state index in [1.54, 1.807) is 12.3 Å². The molecular weight excluding hydrogens is 285 g/mol. The summed E-state index contributed by atoms with van der Waals surface area (Å²) in [5.74, 6) is -0.0509. The monoisotopic (exact) mass is 300 g/mol. The van der Waals surface area contributed by atoms with Gasteiger partial charge in [-0.15, -0.1) is 0 Å². The lowest BCUT2D eigenvalue weighted by Crippen LogP contribution is -2.48. The van der Waals surface area contributed by atoms with Gasteiger partial charge in [-0.3, -0.25) is 4.79 Å². The van der Waals surface area contributed by atoms with Crippen LogP contribution in [0, 0.1) is 6.92 Å². The summed E-state index contributed by atoms with van der Waals surface area (Å²) in [6, 6.07) is 1.78. The fraction of sp³-hybridized carbons (Fsp3) is 0.462. The third kappa shape index (κ3) is 4.44. The Hall–Kier alpha value is -2.12. The number of amides is 1. The molecule has 0 unspecified atom stereocenters. The lowest BCUT2D eigenvalue weighted by molar-refractivity contribution is -0.127. The highest BCUT2D eigenvalue weighted by Gasteiger charge is 2.25. The molecule has 1 aromatic heterocycles. The summed E-state index contributed by atoms with van der Waals surface area (Å²) in [7, 11) is 0. The quantitative estimate of drug-likeness (QED) is 0.778. The molecule has 0 saturated carbocycles. The third-order valence-corrected chi connectivity index (χ3v) is 3.07. The van der Waals surface area contributed by atoms with Gasteiger partial charge in [0.15, 0.2) is 0 Å². The number of aromatic nitrogens is 2. The Morgan fingerprint density at radius 3 is 2.52 bits per heavy atom. The Balaban J connectivity index is 1.91. The van der Waals surface area contributed by atoms with E-state index in [4.69, 9.17) is 0 Å². The van der Waals surface area contributed by atoms with Crippen molar-refractivity contribution in [2.75, 3.05) is 31.1 Å². The van der Waals surface area contributed by atoms with Gasteiger partial charge in [-0.05, 0) is 13.0 Å². The van der Waals surface area contributed by atoms with E-state index in [0.717, 1.165) is 5.69 Å². The smallest absolute Gasteiger partial charge is 0.337 e. The number of carbonyl (C=O) groups excluding carboxylic acids is 1. The summed E-state index contributed by atoms with van der Waals surface area (Å²) in [4.78, 5) is 23.4. The minimum absolute atomic E-state index is 0.0363. The van der Waals surface area contributed by atoms with Crippen molar-refractivity contribution < 1.29 is 18.0 Å². The number of hydrogen-bond donors (Lipinski definition) is 0. The van der Waals surface area contributed by atoms with Crippen LogP contribution < -0.4 is 4.90 Å². The highest BCUT2D eigenvalue weighted by Crippen LogP contribution is 2.16. The predicted molar refractivity (Wildman–Crippen MR) is 70.8 cm³/mol. The largest absolute Gasteiger partial charge is 0.409 e. The molecule has 1 aromatic rings. The molecule has 0 spiro atoms. The first-order valence-corrected chi connectivity index (χ1v) is 6.44. The summed E-state index contributed by atoms with van der Waals surface area (Å²) in [5, 5.41) is 0. The summed E-state index contributed by atoms with van der Waals surface area (Å²) >= 11 is 0. The summed E-state index contributed by atoms with van der Waals surface area (Å²) in [5.41, 5.74) is 0.839. The highest BCUT2D eigenvalue weighted by atomic mass is 19.4. The zero-order chi connectivity index (χ0) is 15.5. The van der Waals surface area contributed by atoms with E-state index in [1.807, 2.05) is 11.8 Å². The molecule has 1 aliphatic heterocycles. The lowest BCUT2D eigenvalue weighted by Gasteiger charge is -2.34. The van der Waals surface area contributed by atoms with Gasteiger partial charge in [0.05, 0.1) is 0 Å². The second kappa shape index (κ2) is 6.11. The first-order valence-electron chi connectivity index (χ1n) is 6.44. The van der Waals surface area contributed by atoms with Crippen molar-refractivity contribution >= 4 is 11.9 Å². The van der Waals surface area contributed by atoms with E-state index >= 15 is 0 Å². The topological polar surface area (TPSA) is 49.3 Å². The molecule has 0 aliphatic carbocycles. The summed E-state index contributed by atoms with van der Waals surface area (Å²) in [6.07, 6.45) is -2.28. The molecule has 0 aromatic carbocycles. The van der Waals surface area contributed by atoms with Crippen LogP contribution in [-0.4, -0.2) is 53.1 Å². The van der Waals surface area contributed by atoms with Crippen LogP contribution in [0.2, 0.25) is 0 Å². The Morgan fingerprint density at radius 1 is 1.29 bits per heavy atom. The van der Waals surface area contributed by atoms with E-state index in [0.29, 0.717) is 38.2 Å². The first-order chi connectivity index (χ1) is 9.85. The van der Waals surface area contributed by atoms with Crippen LogP contribution in [0.3, 0.4) is 0 Å². The Labute approximate surface area is 120 Å². The number of alkyl halides is 3. The van der Waals surface area contributed by atoms with E-state index < -0.39 is 12.1 Å². The predicted octanol–water partition coefficient (Wildman–Crippen LogP) is 1.55. The van der Waals surface area contributed by atoms with Crippen LogP contribution in [0.5, 0.6) is 0 Å². The third-order valence-electron chi connectivity index (χ3n) is 3.07. The number of hydrogen-bond acceptors (Lipinski definition) is 4. The standard InChI is InChI=1S/C13H15F3N4O/c1-10-3-5-17-12(18-10)20-8-6-19(7-9-20)11(21)2-4-13(14,15)16/h2-5H,6-9H2,1H3. The molecule has 1 saturated heterocycles. The molecule has 0 atom stereocenters. The lowest BCUT2D eigenvalue weighted by atomic mass is 10.3. The van der Waals surface area contributed by atoms with Crippen molar-refractivity contribution in [3.63, 3.8) is 0 Å². The molecule has 1 amide bonds. The number of rotatable bonds is 2. The number of piperazine rings is 1. The van der Waals surface area contributed by atoms with Gasteiger partial charge in [0.2, 0.25) is 11.9 Å². The Bertz CT molecular complexity index is 536. The molecule has 0 radical (unpaired) electrons. The molecule has 1 fully saturated rings. The van der Waals surface area contributed by atoms with Crippen molar-refractivity contribution in [1.29, 1.82) is 0 Å². The molecule has 5 nitrogen and oxygen atoms in total. The number of allylic oxidation sites excluding steroid dienone is 1. The van der Waals surface area contributed by atoms with Crippen LogP contribution in [0.4, 0.5) is 19.1 Å². The maximum absolute atomic E-state index is 12.0. The zero-order valence-corrected chi connectivity index (χ0v) is 11.5. The van der Waals surface area contributed by atoms with Gasteiger partial charge in [-0.25, -0.2) is 9.97 Å². The first kappa shape index (κ1) is 15.3. The Morgan fingerprint density at radius 2 is 1.95 bits per heavy atom. The fourth-order valence-corrected chi connectivity index (χ4v) is 1.99. The molecule has 0 N–H and O–H groups in total. The van der Waals surface area contributed by atoms with Crippen molar-refractivity contribution in [2.45, 2.75) is 13.1 Å². The summed E-state index contributed by atoms with van der Waals surface area (Å²) < 4.78 is 36.1. The van der Waals surface area contributed by atoms with Gasteiger partial charge in [0.25, 0.3) is 0 Å². The number of halogens is 3. The number of nitrogens with zero attached hydrogens (tertiary/aromatic N) is 4. The number of carbonyl (C=O) groups is 1. The molecule has 21 heavy (non-hydrogen) atoms. The molecular formula is C13H15F3N4O. The van der Waals surface area contributed by atoms with E-state index in [9.17, 15) is 18.0 Å². The van der Waals surface area contributed by atoms with E-state index in [-0.39, 0.29) is 6.08 Å². The van der Waals surface area contributed by atoms with Crippen molar-refractivity contribution in [3.05, 3.63) is 30.1 Å². The second-order valence-electron chi connectivity index (χ2n) is 4.69. The van der Waals surface area contributed by atoms with Gasteiger partial charge in [0.1, 0.15) is 0 Å². The maximum atomic E-state index is 12.0. The van der Waals surface area contributed by atoms with Crippen molar-refractivity contribution in [3.8, 4) is 0 Å². The maximum Gasteiger partial charge on any atom is 0.409 e. The Kier molecular flexibility index (Phi) is 4.44. The highest BCUT2D eigenvalue weighted by molar-refractivity contribution is 5.87. The molecule has 2 rings (SSSR count). The average molecular weight is 300 g/mol. The van der Waals surface area contributed by atoms with Crippen LogP contribution in [0.1, 0.15) is 5.69 Å². The van der Waals surface area contributed by atoms with Crippen LogP contribution in [-0.2, 0) is 4.79 Å². The molecule has 1 aliphatic rings. The van der Waals surface area contributed by atoms with E-state index in [1.165, 1.54) is 4.90 Å². The normalized spacial score (nSPS) is 16.6. The number of anilines is 1. The van der Waals surface area contributed by atoms with Crippen molar-refractivity contribution in [2.24, 2.45) is 0 Å². The minimum Gasteiger partial charge on any atom is -0.337 e. The van der Waals surface area contributed by atoms with Crippen molar-refractivity contribution in [1.82, 2.24) is 14.9 Å². The van der Waals surface area contributed by atoms with Gasteiger partial charge >= 0.3 is 6.18 Å². The fourth-order valence-electron chi connectivity index (χ4n) is 1.99. The van der Waals surface area contributed by atoms with Gasteiger partial charge in [-0.2, -0.15) is 13.2 Å². The van der Waals surface area contributed by atoms with Gasteiger partial charge in [-0.1, -0.05) is 0 Å². The summed E-state index contributed by atoms with van der Waals surface area (Å²) in [6.45, 7) is 3.54. The van der Waals surface area contributed by atoms with Gasteiger partial charge in [0, 0.05) is 50.2 Å². The van der Waals surface area contributed by atoms with Crippen LogP contribution in [0.15, 0.2) is 24.4 Å². The molecule has 114 valence electrons. The SMILES string of the molecule is Cc1ccnc(N2CCN(C(=O)C=CC(F)(F)F)CC2)n1. The minimum atomic E-state index is -4.47. The molecule has 0 bridgehead atoms. The molecule has 2 heterocycles. The van der Waals surface area contributed by atoms with Crippen LogP contribution >= 0.6 is 0 Å². The van der Waals surface area contributed by atoms with Crippen LogP contribution in [0.25, 0.3) is 0 Å². The van der Waals surface area contributed by atoms with Gasteiger partial charge < -0.3 is 9.80 Å².